The van der Waals surface area contributed by atoms with Crippen molar-refractivity contribution in [2.45, 2.75) is 19.4 Å². The number of halogens is 1. The minimum absolute atomic E-state index is 0.361. The van der Waals surface area contributed by atoms with E-state index in [0.717, 1.165) is 31.6 Å². The Morgan fingerprint density at radius 3 is 2.70 bits per heavy atom. The number of nitriles is 1. The molecule has 1 aliphatic heterocycles. The monoisotopic (exact) mass is 266 g/mol. The van der Waals surface area contributed by atoms with Crippen LogP contribution in [0.3, 0.4) is 0 Å². The van der Waals surface area contributed by atoms with Crippen LogP contribution in [0.4, 0.5) is 10.1 Å². The van der Waals surface area contributed by atoms with Gasteiger partial charge in [0.15, 0.2) is 0 Å². The van der Waals surface area contributed by atoms with Crippen LogP contribution in [-0.4, -0.2) is 6.54 Å². The average molecular weight is 266 g/mol. The number of anilines is 1. The van der Waals surface area contributed by atoms with Crippen LogP contribution in [-0.2, 0) is 13.0 Å². The lowest BCUT2D eigenvalue weighted by molar-refractivity contribution is 0.626. The Morgan fingerprint density at radius 1 is 1.10 bits per heavy atom. The molecular formula is C17H15FN2. The normalized spacial score (nSPS) is 14.3. The zero-order valence-electron chi connectivity index (χ0n) is 11.1. The SMILES string of the molecule is N#Cc1cc(F)ccc1N1CCCc2ccccc2C1. The van der Waals surface area contributed by atoms with Gasteiger partial charge in [0.25, 0.3) is 0 Å². The number of fused-ring (bicyclic) bond motifs is 1. The van der Waals surface area contributed by atoms with Gasteiger partial charge in [-0.1, -0.05) is 24.3 Å². The molecule has 0 bridgehead atoms. The molecule has 1 heterocycles. The standard InChI is InChI=1S/C17H15FN2/c18-16-7-8-17(15(10-16)11-19)20-9-3-6-13-4-1-2-5-14(13)12-20/h1-2,4-5,7-8,10H,3,6,9,12H2. The van der Waals surface area contributed by atoms with Crippen LogP contribution in [0.15, 0.2) is 42.5 Å². The van der Waals surface area contributed by atoms with Crippen molar-refractivity contribution >= 4 is 5.69 Å². The maximum atomic E-state index is 13.3. The van der Waals surface area contributed by atoms with Crippen LogP contribution in [0, 0.1) is 17.1 Å². The summed E-state index contributed by atoms with van der Waals surface area (Å²) in [5.41, 5.74) is 3.89. The molecule has 0 atom stereocenters. The van der Waals surface area contributed by atoms with Gasteiger partial charge in [0.05, 0.1) is 11.3 Å². The van der Waals surface area contributed by atoms with Gasteiger partial charge in [0, 0.05) is 13.1 Å². The second-order valence-electron chi connectivity index (χ2n) is 5.07. The van der Waals surface area contributed by atoms with E-state index in [0.29, 0.717) is 5.56 Å². The first-order valence-corrected chi connectivity index (χ1v) is 6.79. The number of nitrogens with zero attached hydrogens (tertiary/aromatic N) is 2. The number of rotatable bonds is 1. The number of hydrogen-bond donors (Lipinski definition) is 0. The van der Waals surface area contributed by atoms with E-state index in [-0.39, 0.29) is 5.82 Å². The fraction of sp³-hybridized carbons (Fsp3) is 0.235. The van der Waals surface area contributed by atoms with Crippen molar-refractivity contribution in [1.82, 2.24) is 0 Å². The molecule has 20 heavy (non-hydrogen) atoms. The van der Waals surface area contributed by atoms with Gasteiger partial charge in [-0.3, -0.25) is 0 Å². The van der Waals surface area contributed by atoms with Crippen LogP contribution in [0.2, 0.25) is 0 Å². The summed E-state index contributed by atoms with van der Waals surface area (Å²) >= 11 is 0. The molecule has 2 nitrogen and oxygen atoms in total. The molecule has 3 heteroatoms. The molecule has 0 unspecified atom stereocenters. The van der Waals surface area contributed by atoms with E-state index >= 15 is 0 Å². The van der Waals surface area contributed by atoms with Gasteiger partial charge < -0.3 is 4.90 Å². The zero-order chi connectivity index (χ0) is 13.9. The Labute approximate surface area is 118 Å². The minimum atomic E-state index is -0.361. The Bertz CT molecular complexity index is 673. The summed E-state index contributed by atoms with van der Waals surface area (Å²) in [7, 11) is 0. The second-order valence-corrected chi connectivity index (χ2v) is 5.07. The summed E-state index contributed by atoms with van der Waals surface area (Å²) in [6, 6.07) is 14.9. The molecule has 2 aromatic carbocycles. The van der Waals surface area contributed by atoms with Crippen LogP contribution in [0.5, 0.6) is 0 Å². The predicted molar refractivity (Wildman–Crippen MR) is 76.9 cm³/mol. The molecule has 0 aromatic heterocycles. The summed E-state index contributed by atoms with van der Waals surface area (Å²) in [5.74, 6) is -0.361. The summed E-state index contributed by atoms with van der Waals surface area (Å²) in [4.78, 5) is 2.17. The summed E-state index contributed by atoms with van der Waals surface area (Å²) in [6.45, 7) is 1.66. The highest BCUT2D eigenvalue weighted by atomic mass is 19.1. The molecule has 0 spiro atoms. The smallest absolute Gasteiger partial charge is 0.124 e. The molecule has 0 fully saturated rings. The lowest BCUT2D eigenvalue weighted by Gasteiger charge is -2.24. The van der Waals surface area contributed by atoms with Crippen molar-refractivity contribution < 1.29 is 4.39 Å². The Morgan fingerprint density at radius 2 is 1.90 bits per heavy atom. The Balaban J connectivity index is 1.98. The largest absolute Gasteiger partial charge is 0.366 e. The third kappa shape index (κ3) is 2.37. The Hall–Kier alpha value is -2.34. The highest BCUT2D eigenvalue weighted by molar-refractivity contribution is 5.60. The molecule has 3 rings (SSSR count). The highest BCUT2D eigenvalue weighted by Gasteiger charge is 2.17. The molecule has 0 saturated heterocycles. The van der Waals surface area contributed by atoms with Crippen LogP contribution < -0.4 is 4.90 Å². The molecule has 2 aromatic rings. The maximum absolute atomic E-state index is 13.3. The van der Waals surface area contributed by atoms with Gasteiger partial charge in [-0.25, -0.2) is 4.39 Å². The van der Waals surface area contributed by atoms with Crippen LogP contribution in [0.1, 0.15) is 23.1 Å². The number of benzene rings is 2. The first-order valence-electron chi connectivity index (χ1n) is 6.79. The van der Waals surface area contributed by atoms with Crippen molar-refractivity contribution in [3.63, 3.8) is 0 Å². The van der Waals surface area contributed by atoms with Crippen LogP contribution >= 0.6 is 0 Å². The lowest BCUT2D eigenvalue weighted by Crippen LogP contribution is -2.23. The molecule has 0 amide bonds. The van der Waals surface area contributed by atoms with E-state index in [1.165, 1.54) is 23.3 Å². The van der Waals surface area contributed by atoms with Gasteiger partial charge >= 0.3 is 0 Å². The van der Waals surface area contributed by atoms with Crippen molar-refractivity contribution in [2.24, 2.45) is 0 Å². The molecule has 100 valence electrons. The van der Waals surface area contributed by atoms with Gasteiger partial charge in [0.1, 0.15) is 11.9 Å². The lowest BCUT2D eigenvalue weighted by atomic mass is 10.0. The van der Waals surface area contributed by atoms with Crippen LogP contribution in [0.25, 0.3) is 0 Å². The molecular weight excluding hydrogens is 251 g/mol. The molecule has 0 saturated carbocycles. The number of aryl methyl sites for hydroxylation is 1. The number of hydrogen-bond acceptors (Lipinski definition) is 2. The van der Waals surface area contributed by atoms with E-state index in [4.69, 9.17) is 0 Å². The highest BCUT2D eigenvalue weighted by Crippen LogP contribution is 2.27. The van der Waals surface area contributed by atoms with Gasteiger partial charge in [-0.2, -0.15) is 5.26 Å². The van der Waals surface area contributed by atoms with Gasteiger partial charge in [0.2, 0.25) is 0 Å². The van der Waals surface area contributed by atoms with E-state index < -0.39 is 0 Å². The average Bonchev–Trinajstić information content (AvgIpc) is 2.69. The Kier molecular flexibility index (Phi) is 3.39. The summed E-state index contributed by atoms with van der Waals surface area (Å²) in [6.07, 6.45) is 2.09. The van der Waals surface area contributed by atoms with Crippen molar-refractivity contribution in [1.29, 1.82) is 5.26 Å². The molecule has 0 aliphatic carbocycles. The third-order valence-corrected chi connectivity index (χ3v) is 3.77. The van der Waals surface area contributed by atoms with E-state index in [1.54, 1.807) is 6.07 Å². The van der Waals surface area contributed by atoms with Crippen molar-refractivity contribution in [2.75, 3.05) is 11.4 Å². The maximum Gasteiger partial charge on any atom is 0.124 e. The van der Waals surface area contributed by atoms with Gasteiger partial charge in [-0.05, 0) is 42.2 Å². The third-order valence-electron chi connectivity index (χ3n) is 3.77. The van der Waals surface area contributed by atoms with Crippen molar-refractivity contribution in [3.05, 3.63) is 65.0 Å². The van der Waals surface area contributed by atoms with E-state index in [1.807, 2.05) is 6.07 Å². The fourth-order valence-electron chi connectivity index (χ4n) is 2.78. The van der Waals surface area contributed by atoms with E-state index in [9.17, 15) is 9.65 Å². The quantitative estimate of drug-likeness (QED) is 0.787. The topological polar surface area (TPSA) is 27.0 Å². The summed E-state index contributed by atoms with van der Waals surface area (Å²) in [5, 5.41) is 9.20. The first kappa shape index (κ1) is 12.7. The second kappa shape index (κ2) is 5.34. The predicted octanol–water partition coefficient (Wildman–Crippen LogP) is 3.65. The molecule has 0 radical (unpaired) electrons. The molecule has 0 N–H and O–H groups in total. The first-order chi connectivity index (χ1) is 9.78. The summed E-state index contributed by atoms with van der Waals surface area (Å²) < 4.78 is 13.3. The fourth-order valence-corrected chi connectivity index (χ4v) is 2.78. The minimum Gasteiger partial charge on any atom is -0.366 e. The van der Waals surface area contributed by atoms with Crippen molar-refractivity contribution in [3.8, 4) is 6.07 Å². The van der Waals surface area contributed by atoms with E-state index in [2.05, 4.69) is 29.2 Å². The molecule has 1 aliphatic rings. The van der Waals surface area contributed by atoms with Gasteiger partial charge in [-0.15, -0.1) is 0 Å². The zero-order valence-corrected chi connectivity index (χ0v) is 11.1.